The van der Waals surface area contributed by atoms with E-state index in [2.05, 4.69) is 21.9 Å². The third-order valence-corrected chi connectivity index (χ3v) is 17.2. The molecule has 0 radical (unpaired) electrons. The van der Waals surface area contributed by atoms with E-state index in [9.17, 15) is 37.5 Å². The SMILES string of the molecule is C=C[C@@H]1C[C@]1(NC(=O)[C@@H]1C[C@@H]2CN1C(=O)[C@H](C(C)(C)C)NC(=O)O[C@@H]1C[C@H]1CCCCCc1c(nc3ccccc3c1OC[C@H]1CCN(C(=O)O)C1C(C)(C)C)O2)C(=O)NS(=O)(=O)C1(C)CC1. The summed E-state index contributed by atoms with van der Waals surface area (Å²) in [5.74, 6) is -1.69. The van der Waals surface area contributed by atoms with Crippen LogP contribution in [0, 0.1) is 28.6 Å². The first-order valence-electron chi connectivity index (χ1n) is 24.0. The summed E-state index contributed by atoms with van der Waals surface area (Å²) in [5, 5.41) is 16.6. The minimum absolute atomic E-state index is 0.0278. The van der Waals surface area contributed by atoms with Gasteiger partial charge in [0, 0.05) is 36.2 Å². The molecule has 18 heteroatoms. The first-order chi connectivity index (χ1) is 31.5. The lowest BCUT2D eigenvalue weighted by atomic mass is 9.80. The molecule has 4 heterocycles. The molecule has 5 fully saturated rings. The molecule has 1 aromatic heterocycles. The third-order valence-electron chi connectivity index (χ3n) is 15.0. The average Bonchev–Trinajstić information content (AvgIpc) is 4.20. The number of nitrogens with zero attached hydrogens (tertiary/aromatic N) is 3. The van der Waals surface area contributed by atoms with Crippen LogP contribution in [0.1, 0.15) is 118 Å². The molecule has 366 valence electrons. The van der Waals surface area contributed by atoms with Crippen LogP contribution in [0.2, 0.25) is 0 Å². The molecular weight excluding hydrogens is 881 g/mol. The van der Waals surface area contributed by atoms with Crippen molar-refractivity contribution in [2.45, 2.75) is 160 Å². The van der Waals surface area contributed by atoms with Gasteiger partial charge < -0.3 is 39.8 Å². The Balaban J connectivity index is 1.15. The Hall–Kier alpha value is -5.13. The molecule has 0 spiro atoms. The molecule has 3 aliphatic heterocycles. The fraction of sp³-hybridized carbons (Fsp3) is 0.673. The number of aromatic nitrogens is 1. The van der Waals surface area contributed by atoms with Crippen LogP contribution < -0.4 is 24.8 Å². The Morgan fingerprint density at radius 3 is 2.42 bits per heavy atom. The number of hydrogen-bond donors (Lipinski definition) is 4. The van der Waals surface area contributed by atoms with Crippen LogP contribution >= 0.6 is 0 Å². The van der Waals surface area contributed by atoms with Crippen LogP contribution in [0.3, 0.4) is 0 Å². The van der Waals surface area contributed by atoms with Crippen molar-refractivity contribution in [1.82, 2.24) is 30.1 Å². The van der Waals surface area contributed by atoms with Crippen molar-refractivity contribution in [3.8, 4) is 11.6 Å². The molecule has 2 bridgehead atoms. The predicted octanol–water partition coefficient (Wildman–Crippen LogP) is 6.08. The molecule has 1 unspecified atom stereocenters. The summed E-state index contributed by atoms with van der Waals surface area (Å²) in [6.07, 6.45) is 4.91. The topological polar surface area (TPSA) is 223 Å². The molecule has 67 heavy (non-hydrogen) atoms. The summed E-state index contributed by atoms with van der Waals surface area (Å²) < 4.78 is 47.2. The van der Waals surface area contributed by atoms with Gasteiger partial charge in [0.05, 0.1) is 29.0 Å². The van der Waals surface area contributed by atoms with Crippen LogP contribution in [0.5, 0.6) is 11.6 Å². The first kappa shape index (κ1) is 48.3. The van der Waals surface area contributed by atoms with Crippen molar-refractivity contribution in [2.75, 3.05) is 19.7 Å². The van der Waals surface area contributed by atoms with Gasteiger partial charge >= 0.3 is 12.2 Å². The molecule has 4 N–H and O–H groups in total. The fourth-order valence-electron chi connectivity index (χ4n) is 10.6. The molecule has 8 rings (SSSR count). The van der Waals surface area contributed by atoms with E-state index in [1.165, 1.54) is 15.9 Å². The standard InChI is InChI=1S/C49H68N6O11S/c1-9-30-25-49(30,43(58)53-67(62,63)48(8)20-21-48)52-40(56)35-24-31-26-55(35)42(57)38(46(2,3)4)51-44(59)66-36-23-28(36)15-11-10-12-17-33-37(32-16-13-14-18-34(32)50-41(33)65-31)64-27-29-19-22-54(45(60)61)39(29)47(5,6)7/h9,13-14,16,18,28-31,35-36,38-39H,1,10-12,15,17,19-27H2,2-8H3,(H,51,59)(H,52,56)(H,53,58)(H,60,61)/t28-,29-,30-,31-,35+,36-,38-,39?,49-/m1/s1. The summed E-state index contributed by atoms with van der Waals surface area (Å²) >= 11 is 0. The van der Waals surface area contributed by atoms with Gasteiger partial charge in [0.1, 0.15) is 35.6 Å². The zero-order valence-electron chi connectivity index (χ0n) is 39.9. The van der Waals surface area contributed by atoms with E-state index in [0.29, 0.717) is 49.4 Å². The molecule has 6 aliphatic rings. The van der Waals surface area contributed by atoms with Crippen LogP contribution in [-0.4, -0.2) is 119 Å². The van der Waals surface area contributed by atoms with E-state index in [0.717, 1.165) is 43.1 Å². The quantitative estimate of drug-likeness (QED) is 0.210. The number of carbonyl (C=O) groups is 5. The van der Waals surface area contributed by atoms with E-state index < -0.39 is 79.7 Å². The second-order valence-electron chi connectivity index (χ2n) is 22.2. The Morgan fingerprint density at radius 1 is 1.03 bits per heavy atom. The summed E-state index contributed by atoms with van der Waals surface area (Å²) in [4.78, 5) is 77.3. The minimum Gasteiger partial charge on any atom is -0.492 e. The van der Waals surface area contributed by atoms with Crippen LogP contribution in [0.25, 0.3) is 10.9 Å². The highest BCUT2D eigenvalue weighted by Crippen LogP contribution is 2.48. The number of para-hydroxylation sites is 1. The van der Waals surface area contributed by atoms with Gasteiger partial charge in [-0.2, -0.15) is 0 Å². The number of benzene rings is 1. The summed E-state index contributed by atoms with van der Waals surface area (Å²) in [7, 11) is -4.05. The smallest absolute Gasteiger partial charge is 0.408 e. The molecule has 2 aromatic rings. The van der Waals surface area contributed by atoms with Gasteiger partial charge in [-0.15, -0.1) is 6.58 Å². The molecule has 3 aliphatic carbocycles. The maximum absolute atomic E-state index is 15.0. The Labute approximate surface area is 393 Å². The maximum Gasteiger partial charge on any atom is 0.408 e. The molecule has 5 amide bonds. The summed E-state index contributed by atoms with van der Waals surface area (Å²) in [5.41, 5.74) is -1.48. The Kier molecular flexibility index (Phi) is 12.8. The number of rotatable bonds is 9. The fourth-order valence-corrected chi connectivity index (χ4v) is 11.9. The van der Waals surface area contributed by atoms with Gasteiger partial charge in [-0.05, 0) is 87.2 Å². The predicted molar refractivity (Wildman–Crippen MR) is 249 cm³/mol. The molecule has 3 saturated carbocycles. The van der Waals surface area contributed by atoms with Gasteiger partial charge in [0.15, 0.2) is 0 Å². The zero-order chi connectivity index (χ0) is 48.4. The molecule has 17 nitrogen and oxygen atoms in total. The summed E-state index contributed by atoms with van der Waals surface area (Å²) in [6, 6.07) is 4.97. The largest absolute Gasteiger partial charge is 0.492 e. The number of sulfonamides is 1. The maximum atomic E-state index is 15.0. The van der Waals surface area contributed by atoms with Crippen molar-refractivity contribution in [3.05, 3.63) is 42.5 Å². The van der Waals surface area contributed by atoms with E-state index in [1.54, 1.807) is 27.7 Å². The minimum atomic E-state index is -4.05. The van der Waals surface area contributed by atoms with Gasteiger partial charge in [0.2, 0.25) is 27.7 Å². The lowest BCUT2D eigenvalue weighted by Crippen LogP contribution is -2.60. The number of pyridine rings is 1. The molecular formula is C49H68N6O11S. The molecule has 9 atom stereocenters. The Morgan fingerprint density at radius 2 is 1.76 bits per heavy atom. The first-order valence-corrected chi connectivity index (χ1v) is 25.4. The van der Waals surface area contributed by atoms with Crippen molar-refractivity contribution in [2.24, 2.45) is 28.6 Å². The van der Waals surface area contributed by atoms with E-state index in [4.69, 9.17) is 19.2 Å². The average molecular weight is 949 g/mol. The monoisotopic (exact) mass is 948 g/mol. The second kappa shape index (κ2) is 17.7. The van der Waals surface area contributed by atoms with Crippen molar-refractivity contribution >= 4 is 50.8 Å². The Bertz CT molecular complexity index is 2430. The van der Waals surface area contributed by atoms with Crippen molar-refractivity contribution in [1.29, 1.82) is 0 Å². The highest BCUT2D eigenvalue weighted by molar-refractivity contribution is 7.91. The number of likely N-dealkylation sites (tertiary alicyclic amines) is 1. The number of carbonyl (C=O) groups excluding carboxylic acids is 4. The number of nitrogens with one attached hydrogen (secondary N) is 3. The van der Waals surface area contributed by atoms with Crippen LogP contribution in [0.15, 0.2) is 36.9 Å². The highest BCUT2D eigenvalue weighted by atomic mass is 32.2. The number of ether oxygens (including phenoxy) is 3. The van der Waals surface area contributed by atoms with Crippen molar-refractivity contribution < 1.29 is 51.7 Å². The second-order valence-corrected chi connectivity index (χ2v) is 24.4. The summed E-state index contributed by atoms with van der Waals surface area (Å²) in [6.45, 7) is 17.5. The number of alkyl carbamates (subject to hydrolysis) is 1. The van der Waals surface area contributed by atoms with Gasteiger partial charge in [-0.3, -0.25) is 19.1 Å². The van der Waals surface area contributed by atoms with Crippen LogP contribution in [-0.2, 0) is 35.6 Å². The molecule has 2 saturated heterocycles. The van der Waals surface area contributed by atoms with Gasteiger partial charge in [0.25, 0.3) is 5.91 Å². The normalized spacial score (nSPS) is 30.9. The lowest BCUT2D eigenvalue weighted by molar-refractivity contribution is -0.142. The molecule has 1 aromatic carbocycles. The third kappa shape index (κ3) is 9.78. The number of carboxylic acid groups (broad SMARTS) is 1. The zero-order valence-corrected chi connectivity index (χ0v) is 40.7. The highest BCUT2D eigenvalue weighted by Gasteiger charge is 2.63. The van der Waals surface area contributed by atoms with E-state index >= 15 is 0 Å². The van der Waals surface area contributed by atoms with Crippen LogP contribution in [0.4, 0.5) is 9.59 Å². The van der Waals surface area contributed by atoms with Gasteiger partial charge in [-0.1, -0.05) is 72.6 Å². The van der Waals surface area contributed by atoms with Crippen molar-refractivity contribution in [3.63, 3.8) is 0 Å². The number of hydrogen-bond acceptors (Lipinski definition) is 11. The number of fused-ring (bicyclic) bond motifs is 5. The van der Waals surface area contributed by atoms with Gasteiger partial charge in [-0.25, -0.2) is 23.0 Å². The van der Waals surface area contributed by atoms with E-state index in [-0.39, 0.29) is 55.4 Å². The van der Waals surface area contributed by atoms with E-state index in [1.807, 2.05) is 45.0 Å². The lowest BCUT2D eigenvalue weighted by Gasteiger charge is -2.37. The number of amides is 5.